The van der Waals surface area contributed by atoms with Crippen LogP contribution in [0, 0.1) is 11.3 Å². The van der Waals surface area contributed by atoms with Crippen molar-refractivity contribution in [3.05, 3.63) is 38.4 Å². The first-order valence-electron chi connectivity index (χ1n) is 9.08. The van der Waals surface area contributed by atoms with Gasteiger partial charge in [0, 0.05) is 11.4 Å². The Morgan fingerprint density at radius 3 is 2.65 bits per heavy atom. The van der Waals surface area contributed by atoms with Crippen molar-refractivity contribution in [1.29, 1.82) is 0 Å². The average Bonchev–Trinajstić information content (AvgIpc) is 3.21. The van der Waals surface area contributed by atoms with Crippen LogP contribution in [0.15, 0.2) is 17.5 Å². The first-order valence-corrected chi connectivity index (χ1v) is 10.8. The molecule has 1 aliphatic rings. The monoisotopic (exact) mass is 390 g/mol. The summed E-state index contributed by atoms with van der Waals surface area (Å²) in [6.07, 6.45) is 2.96. The van der Waals surface area contributed by atoms with Crippen molar-refractivity contribution in [3.63, 3.8) is 0 Å². The minimum Gasteiger partial charge on any atom is -0.352 e. The van der Waals surface area contributed by atoms with E-state index in [9.17, 15) is 9.59 Å². The molecule has 2 aromatic rings. The van der Waals surface area contributed by atoms with Crippen LogP contribution in [-0.4, -0.2) is 18.4 Å². The van der Waals surface area contributed by atoms with Gasteiger partial charge in [-0.3, -0.25) is 9.59 Å². The van der Waals surface area contributed by atoms with Crippen LogP contribution in [0.1, 0.15) is 64.6 Å². The second kappa shape index (κ2) is 7.53. The van der Waals surface area contributed by atoms with Crippen LogP contribution in [0.3, 0.4) is 0 Å². The second-order valence-corrected chi connectivity index (χ2v) is 9.86. The van der Waals surface area contributed by atoms with E-state index >= 15 is 0 Å². The Morgan fingerprint density at radius 1 is 1.27 bits per heavy atom. The van der Waals surface area contributed by atoms with Crippen LogP contribution in [-0.2, 0) is 12.8 Å². The Bertz CT molecular complexity index is 801. The third-order valence-corrected chi connectivity index (χ3v) is 7.06. The molecule has 2 aromatic heterocycles. The van der Waals surface area contributed by atoms with E-state index in [1.807, 2.05) is 18.4 Å². The van der Waals surface area contributed by atoms with Gasteiger partial charge in [-0.2, -0.15) is 0 Å². The summed E-state index contributed by atoms with van der Waals surface area (Å²) in [5.74, 6) is 0.369. The minimum atomic E-state index is -0.142. The van der Waals surface area contributed by atoms with E-state index in [1.165, 1.54) is 16.2 Å². The minimum absolute atomic E-state index is 0.0827. The van der Waals surface area contributed by atoms with Crippen molar-refractivity contribution >= 4 is 39.5 Å². The van der Waals surface area contributed by atoms with Crippen LogP contribution in [0.4, 0.5) is 5.00 Å². The van der Waals surface area contributed by atoms with E-state index in [0.717, 1.165) is 24.8 Å². The molecule has 0 aliphatic heterocycles. The lowest BCUT2D eigenvalue weighted by Crippen LogP contribution is -2.28. The van der Waals surface area contributed by atoms with E-state index in [2.05, 4.69) is 31.4 Å². The highest BCUT2D eigenvalue weighted by atomic mass is 32.1. The molecule has 0 aromatic carbocycles. The number of fused-ring (bicyclic) bond motifs is 1. The van der Waals surface area contributed by atoms with Gasteiger partial charge >= 0.3 is 0 Å². The number of thiophene rings is 2. The number of nitrogens with one attached hydrogen (secondary N) is 2. The third-order valence-electron chi connectivity index (χ3n) is 5.03. The van der Waals surface area contributed by atoms with Gasteiger partial charge in [-0.1, -0.05) is 26.8 Å². The van der Waals surface area contributed by atoms with Gasteiger partial charge in [-0.05, 0) is 54.5 Å². The lowest BCUT2D eigenvalue weighted by molar-refractivity contribution is 0.0955. The predicted octanol–water partition coefficient (Wildman–Crippen LogP) is 4.96. The molecule has 0 saturated carbocycles. The van der Waals surface area contributed by atoms with Gasteiger partial charge in [0.2, 0.25) is 0 Å². The van der Waals surface area contributed by atoms with Crippen molar-refractivity contribution in [2.75, 3.05) is 11.9 Å². The van der Waals surface area contributed by atoms with Crippen LogP contribution < -0.4 is 10.6 Å². The summed E-state index contributed by atoms with van der Waals surface area (Å²) in [5.41, 5.74) is 2.04. The average molecular weight is 391 g/mol. The van der Waals surface area contributed by atoms with E-state index in [1.54, 1.807) is 17.4 Å². The maximum atomic E-state index is 12.7. The summed E-state index contributed by atoms with van der Waals surface area (Å²) in [7, 11) is 0. The van der Waals surface area contributed by atoms with Gasteiger partial charge < -0.3 is 10.6 Å². The molecule has 3 rings (SSSR count). The zero-order chi connectivity index (χ0) is 18.9. The largest absolute Gasteiger partial charge is 0.352 e. The second-order valence-electron chi connectivity index (χ2n) is 7.80. The standard InChI is InChI=1S/C20H26N2O2S2/c1-5-21-18(24)16-13-9-8-12(20(2,3)4)11-15(13)26-19(16)22-17(23)14-7-6-10-25-14/h6-7,10,12H,5,8-9,11H2,1-4H3,(H,21,24)(H,22,23)/t12-/m0/s1. The molecule has 26 heavy (non-hydrogen) atoms. The molecule has 2 heterocycles. The topological polar surface area (TPSA) is 58.2 Å². The van der Waals surface area contributed by atoms with Crippen molar-refractivity contribution < 1.29 is 9.59 Å². The van der Waals surface area contributed by atoms with E-state index in [0.29, 0.717) is 27.9 Å². The van der Waals surface area contributed by atoms with E-state index < -0.39 is 0 Å². The number of hydrogen-bond donors (Lipinski definition) is 2. The van der Waals surface area contributed by atoms with Gasteiger partial charge in [0.05, 0.1) is 10.4 Å². The Labute approximate surface area is 163 Å². The van der Waals surface area contributed by atoms with Gasteiger partial charge in [0.15, 0.2) is 0 Å². The summed E-state index contributed by atoms with van der Waals surface area (Å²) in [6, 6.07) is 3.66. The molecule has 2 amide bonds. The summed E-state index contributed by atoms with van der Waals surface area (Å²) < 4.78 is 0. The number of rotatable bonds is 4. The number of anilines is 1. The molecule has 2 N–H and O–H groups in total. The predicted molar refractivity (Wildman–Crippen MR) is 110 cm³/mol. The summed E-state index contributed by atoms with van der Waals surface area (Å²) >= 11 is 2.98. The lowest BCUT2D eigenvalue weighted by Gasteiger charge is -2.33. The van der Waals surface area contributed by atoms with Crippen LogP contribution in [0.25, 0.3) is 0 Å². The van der Waals surface area contributed by atoms with Gasteiger partial charge in [-0.15, -0.1) is 22.7 Å². The lowest BCUT2D eigenvalue weighted by atomic mass is 9.72. The quantitative estimate of drug-likeness (QED) is 0.775. The Balaban J connectivity index is 1.94. The maximum absolute atomic E-state index is 12.7. The highest BCUT2D eigenvalue weighted by Gasteiger charge is 2.34. The van der Waals surface area contributed by atoms with Crippen molar-refractivity contribution in [1.82, 2.24) is 5.32 Å². The Morgan fingerprint density at radius 2 is 2.04 bits per heavy atom. The molecular weight excluding hydrogens is 364 g/mol. The summed E-state index contributed by atoms with van der Waals surface area (Å²) in [5, 5.41) is 8.47. The van der Waals surface area contributed by atoms with Crippen molar-refractivity contribution in [2.45, 2.75) is 47.0 Å². The first kappa shape index (κ1) is 19.1. The zero-order valence-electron chi connectivity index (χ0n) is 15.8. The van der Waals surface area contributed by atoms with Gasteiger partial charge in [-0.25, -0.2) is 0 Å². The van der Waals surface area contributed by atoms with Crippen molar-refractivity contribution in [3.8, 4) is 0 Å². The molecule has 1 aliphatic carbocycles. The number of amides is 2. The van der Waals surface area contributed by atoms with Gasteiger partial charge in [0.25, 0.3) is 11.8 Å². The number of hydrogen-bond acceptors (Lipinski definition) is 4. The Kier molecular flexibility index (Phi) is 5.53. The molecular formula is C20H26N2O2S2. The molecule has 140 valence electrons. The summed E-state index contributed by atoms with van der Waals surface area (Å²) in [6.45, 7) is 9.32. The molecule has 0 unspecified atom stereocenters. The van der Waals surface area contributed by atoms with E-state index in [-0.39, 0.29) is 17.2 Å². The molecule has 1 atom stereocenters. The van der Waals surface area contributed by atoms with Crippen molar-refractivity contribution in [2.24, 2.45) is 11.3 Å². The molecule has 0 saturated heterocycles. The smallest absolute Gasteiger partial charge is 0.266 e. The molecule has 4 nitrogen and oxygen atoms in total. The highest BCUT2D eigenvalue weighted by Crippen LogP contribution is 2.44. The first-order chi connectivity index (χ1) is 12.3. The van der Waals surface area contributed by atoms with Crippen LogP contribution >= 0.6 is 22.7 Å². The Hall–Kier alpha value is -1.66. The molecule has 0 radical (unpaired) electrons. The number of carbonyl (C=O) groups excluding carboxylic acids is 2. The number of carbonyl (C=O) groups is 2. The molecule has 0 bridgehead atoms. The molecule has 0 fully saturated rings. The SMILES string of the molecule is CCNC(=O)c1c(NC(=O)c2cccs2)sc2c1CC[C@H](C(C)(C)C)C2. The highest BCUT2D eigenvalue weighted by molar-refractivity contribution is 7.17. The maximum Gasteiger partial charge on any atom is 0.266 e. The fourth-order valence-corrected chi connectivity index (χ4v) is 5.41. The van der Waals surface area contributed by atoms with E-state index in [4.69, 9.17) is 0 Å². The third kappa shape index (κ3) is 3.86. The molecule has 0 spiro atoms. The summed E-state index contributed by atoms with van der Waals surface area (Å²) in [4.78, 5) is 27.1. The zero-order valence-corrected chi connectivity index (χ0v) is 17.4. The normalized spacial score (nSPS) is 16.8. The fraction of sp³-hybridized carbons (Fsp3) is 0.500. The fourth-order valence-electron chi connectivity index (χ4n) is 3.47. The molecule has 6 heteroatoms. The van der Waals surface area contributed by atoms with Gasteiger partial charge in [0.1, 0.15) is 5.00 Å². The van der Waals surface area contributed by atoms with Crippen LogP contribution in [0.2, 0.25) is 0 Å². The van der Waals surface area contributed by atoms with Crippen LogP contribution in [0.5, 0.6) is 0 Å².